The van der Waals surface area contributed by atoms with Gasteiger partial charge in [0.2, 0.25) is 0 Å². The van der Waals surface area contributed by atoms with Crippen molar-refractivity contribution in [2.75, 3.05) is 5.32 Å². The molecule has 1 aliphatic rings. The van der Waals surface area contributed by atoms with Gasteiger partial charge in [-0.05, 0) is 84.5 Å². The standard InChI is InChI=1S/C48H38N6O2S2/c1-27(2)39-35(49-43(53-45(55)31-20-10-8-16-28(31)3)41(39)47-51-33-22-12-14-24-37(33)57-47)26-36-40(30-18-6-5-7-19-30)42(48-52-34-23-13-15-25-38(34)58-48)44(50-36)54-46(56)32-21-11-9-17-29(32)4/h5-27,50H,1-4H3,(H,54,56)(H,49,53,55). The van der Waals surface area contributed by atoms with E-state index in [9.17, 15) is 9.59 Å². The van der Waals surface area contributed by atoms with Crippen LogP contribution in [0.5, 0.6) is 0 Å². The molecule has 0 fully saturated rings. The van der Waals surface area contributed by atoms with Gasteiger partial charge in [0.1, 0.15) is 21.7 Å². The van der Waals surface area contributed by atoms with Crippen LogP contribution in [0.25, 0.3) is 53.8 Å². The maximum absolute atomic E-state index is 14.1. The molecule has 0 saturated heterocycles. The number of allylic oxidation sites excluding steroid dienone is 1. The number of nitrogens with zero attached hydrogens (tertiary/aromatic N) is 3. The Kier molecular flexibility index (Phi) is 9.73. The van der Waals surface area contributed by atoms with E-state index in [-0.39, 0.29) is 17.7 Å². The quantitative estimate of drug-likeness (QED) is 0.142. The van der Waals surface area contributed by atoms with E-state index in [1.54, 1.807) is 22.7 Å². The molecule has 0 radical (unpaired) electrons. The van der Waals surface area contributed by atoms with Crippen molar-refractivity contribution in [1.29, 1.82) is 0 Å². The highest BCUT2D eigenvalue weighted by Gasteiger charge is 2.32. The largest absolute Gasteiger partial charge is 0.341 e. The number of aryl methyl sites for hydroxylation is 2. The Morgan fingerprint density at radius 1 is 0.638 bits per heavy atom. The van der Waals surface area contributed by atoms with Gasteiger partial charge in [-0.15, -0.1) is 22.7 Å². The van der Waals surface area contributed by atoms with Crippen LogP contribution in [-0.2, 0) is 0 Å². The first-order chi connectivity index (χ1) is 28.2. The van der Waals surface area contributed by atoms with Gasteiger partial charge in [-0.25, -0.2) is 15.0 Å². The summed E-state index contributed by atoms with van der Waals surface area (Å²) in [5, 5.41) is 7.96. The summed E-state index contributed by atoms with van der Waals surface area (Å²) in [5.41, 5.74) is 10.4. The summed E-state index contributed by atoms with van der Waals surface area (Å²) in [4.78, 5) is 47.1. The number of rotatable bonds is 8. The molecule has 3 N–H and O–H groups in total. The Hall–Kier alpha value is -6.75. The maximum Gasteiger partial charge on any atom is 0.257 e. The second-order valence-electron chi connectivity index (χ2n) is 14.5. The van der Waals surface area contributed by atoms with Gasteiger partial charge in [0.05, 0.1) is 43.0 Å². The highest BCUT2D eigenvalue weighted by molar-refractivity contribution is 7.21. The summed E-state index contributed by atoms with van der Waals surface area (Å²) in [6.45, 7) is 8.12. The molecule has 58 heavy (non-hydrogen) atoms. The normalized spacial score (nSPS) is 13.5. The predicted molar refractivity (Wildman–Crippen MR) is 239 cm³/mol. The molecule has 8 aromatic rings. The summed E-state index contributed by atoms with van der Waals surface area (Å²) in [6, 6.07) is 41.3. The van der Waals surface area contributed by atoms with Crippen LogP contribution >= 0.6 is 22.7 Å². The van der Waals surface area contributed by atoms with Gasteiger partial charge in [-0.1, -0.05) is 105 Å². The smallest absolute Gasteiger partial charge is 0.257 e. The molecular weight excluding hydrogens is 757 g/mol. The lowest BCUT2D eigenvalue weighted by Crippen LogP contribution is -2.31. The van der Waals surface area contributed by atoms with Crippen LogP contribution in [0.1, 0.15) is 56.4 Å². The first-order valence-electron chi connectivity index (χ1n) is 19.1. The van der Waals surface area contributed by atoms with Crippen molar-refractivity contribution < 1.29 is 9.59 Å². The first-order valence-corrected chi connectivity index (χ1v) is 20.7. The van der Waals surface area contributed by atoms with Crippen LogP contribution in [0.4, 0.5) is 5.82 Å². The summed E-state index contributed by atoms with van der Waals surface area (Å²) in [6.07, 6.45) is 2.03. The molecule has 0 bridgehead atoms. The molecule has 2 amide bonds. The van der Waals surface area contributed by atoms with Crippen LogP contribution in [0.2, 0.25) is 0 Å². The van der Waals surface area contributed by atoms with E-state index in [2.05, 4.69) is 53.7 Å². The van der Waals surface area contributed by atoms with Crippen molar-refractivity contribution in [2.45, 2.75) is 27.7 Å². The third kappa shape index (κ3) is 6.86. The highest BCUT2D eigenvalue weighted by Crippen LogP contribution is 2.46. The fourth-order valence-electron chi connectivity index (χ4n) is 7.44. The topological polar surface area (TPSA) is 112 Å². The van der Waals surface area contributed by atoms with Gasteiger partial charge in [0, 0.05) is 16.7 Å². The molecule has 0 saturated carbocycles. The van der Waals surface area contributed by atoms with Crippen molar-refractivity contribution in [2.24, 2.45) is 10.9 Å². The zero-order valence-corrected chi connectivity index (χ0v) is 33.9. The molecule has 284 valence electrons. The summed E-state index contributed by atoms with van der Waals surface area (Å²) in [7, 11) is 0. The number of anilines is 1. The van der Waals surface area contributed by atoms with Gasteiger partial charge < -0.3 is 15.6 Å². The average Bonchev–Trinajstić information content (AvgIpc) is 4.01. The number of para-hydroxylation sites is 2. The molecular formula is C48H38N6O2S2. The Balaban J connectivity index is 1.28. The molecule has 0 spiro atoms. The summed E-state index contributed by atoms with van der Waals surface area (Å²) in [5.74, 6) is 0.471. The number of amidine groups is 1. The minimum Gasteiger partial charge on any atom is -0.341 e. The van der Waals surface area contributed by atoms with Crippen molar-refractivity contribution in [3.05, 3.63) is 172 Å². The predicted octanol–water partition coefficient (Wildman–Crippen LogP) is 11.7. The first kappa shape index (κ1) is 36.9. The number of carbonyl (C=O) groups excluding carboxylic acids is 2. The number of H-pyrrole nitrogens is 1. The Morgan fingerprint density at radius 2 is 1.17 bits per heavy atom. The Morgan fingerprint density at radius 3 is 1.78 bits per heavy atom. The van der Waals surface area contributed by atoms with Crippen LogP contribution in [-0.4, -0.2) is 32.6 Å². The second kappa shape index (κ2) is 15.3. The third-order valence-corrected chi connectivity index (χ3v) is 12.3. The molecule has 4 heterocycles. The number of thiazole rings is 2. The van der Waals surface area contributed by atoms with E-state index in [0.29, 0.717) is 28.5 Å². The summed E-state index contributed by atoms with van der Waals surface area (Å²) >= 11 is 3.15. The molecule has 1 aliphatic heterocycles. The van der Waals surface area contributed by atoms with E-state index >= 15 is 0 Å². The van der Waals surface area contributed by atoms with Gasteiger partial charge in [-0.3, -0.25) is 9.59 Å². The molecule has 8 nitrogen and oxygen atoms in total. The fourth-order valence-corrected chi connectivity index (χ4v) is 9.49. The zero-order valence-electron chi connectivity index (χ0n) is 32.3. The van der Waals surface area contributed by atoms with E-state index in [1.807, 2.05) is 123 Å². The lowest BCUT2D eigenvalue weighted by molar-refractivity contribution is 0.0975. The van der Waals surface area contributed by atoms with E-state index in [0.717, 1.165) is 75.1 Å². The number of aliphatic imine (C=N–C) groups is 1. The fraction of sp³-hybridized carbons (Fsp3) is 0.104. The van der Waals surface area contributed by atoms with Gasteiger partial charge >= 0.3 is 0 Å². The van der Waals surface area contributed by atoms with Crippen LogP contribution in [0, 0.1) is 19.8 Å². The van der Waals surface area contributed by atoms with Crippen LogP contribution < -0.4 is 10.6 Å². The number of hydrogen-bond acceptors (Lipinski definition) is 7. The Labute approximate surface area is 343 Å². The minimum atomic E-state index is -0.246. The lowest BCUT2D eigenvalue weighted by Gasteiger charge is -2.13. The molecule has 5 aromatic carbocycles. The lowest BCUT2D eigenvalue weighted by atomic mass is 9.94. The van der Waals surface area contributed by atoms with Gasteiger partial charge in [-0.2, -0.15) is 0 Å². The molecule has 0 aliphatic carbocycles. The second-order valence-corrected chi connectivity index (χ2v) is 16.5. The molecule has 10 heteroatoms. The van der Waals surface area contributed by atoms with Crippen LogP contribution in [0.15, 0.2) is 144 Å². The minimum absolute atomic E-state index is 0.0102. The zero-order chi connectivity index (χ0) is 39.9. The molecule has 0 unspecified atom stereocenters. The van der Waals surface area contributed by atoms with Crippen molar-refractivity contribution in [3.8, 4) is 21.7 Å². The number of hydrogen-bond donors (Lipinski definition) is 3. The van der Waals surface area contributed by atoms with Gasteiger partial charge in [0.15, 0.2) is 0 Å². The molecule has 9 rings (SSSR count). The average molecular weight is 795 g/mol. The van der Waals surface area contributed by atoms with Crippen LogP contribution in [0.3, 0.4) is 0 Å². The number of fused-ring (bicyclic) bond motifs is 2. The van der Waals surface area contributed by atoms with Crippen molar-refractivity contribution in [3.63, 3.8) is 0 Å². The number of benzene rings is 5. The number of aromatic nitrogens is 3. The van der Waals surface area contributed by atoms with Crippen molar-refractivity contribution in [1.82, 2.24) is 20.3 Å². The SMILES string of the molecule is Cc1ccccc1C(=O)NC1=NC(=Cc2[nH]c(NC(=O)c3ccccc3C)c(-c3nc4ccccc4s3)c2-c2ccccc2)C(C(C)C)=C1c1nc2ccccc2s1. The molecule has 0 atom stereocenters. The highest BCUT2D eigenvalue weighted by atomic mass is 32.1. The molecule has 3 aromatic heterocycles. The number of carbonyl (C=O) groups is 2. The Bertz CT molecular complexity index is 2940. The summed E-state index contributed by atoms with van der Waals surface area (Å²) < 4.78 is 2.08. The van der Waals surface area contributed by atoms with Gasteiger partial charge in [0.25, 0.3) is 11.8 Å². The van der Waals surface area contributed by atoms with E-state index in [1.165, 1.54) is 0 Å². The van der Waals surface area contributed by atoms with E-state index in [4.69, 9.17) is 15.0 Å². The third-order valence-electron chi connectivity index (χ3n) is 10.2. The maximum atomic E-state index is 14.1. The number of amides is 2. The van der Waals surface area contributed by atoms with E-state index < -0.39 is 0 Å². The number of aromatic amines is 1. The monoisotopic (exact) mass is 794 g/mol. The van der Waals surface area contributed by atoms with Crippen molar-refractivity contribution >= 4 is 78.2 Å². The number of nitrogens with one attached hydrogen (secondary N) is 3.